The molecule has 0 saturated carbocycles. The number of amides is 1. The zero-order valence-corrected chi connectivity index (χ0v) is 19.1. The monoisotopic (exact) mass is 439 g/mol. The smallest absolute Gasteiger partial charge is 0.255 e. The number of nitrogens with one attached hydrogen (secondary N) is 2. The van der Waals surface area contributed by atoms with E-state index in [1.807, 2.05) is 48.5 Å². The Balaban J connectivity index is 1.25. The van der Waals surface area contributed by atoms with E-state index in [-0.39, 0.29) is 5.91 Å². The van der Waals surface area contributed by atoms with Crippen molar-refractivity contribution in [2.45, 2.75) is 18.9 Å². The molecule has 1 aliphatic heterocycles. The van der Waals surface area contributed by atoms with Gasteiger partial charge in [-0.3, -0.25) is 4.79 Å². The lowest BCUT2D eigenvalue weighted by Gasteiger charge is -2.22. The number of hydrogen-bond donors (Lipinski definition) is 2. The minimum Gasteiger partial charge on any atom is -0.370 e. The molecule has 1 unspecified atom stereocenters. The Morgan fingerprint density at radius 3 is 2.61 bits per heavy atom. The van der Waals surface area contributed by atoms with E-state index in [1.54, 1.807) is 0 Å². The highest BCUT2D eigenvalue weighted by atomic mass is 16.1. The maximum absolute atomic E-state index is 12.8. The molecule has 0 bridgehead atoms. The maximum Gasteiger partial charge on any atom is 0.255 e. The summed E-state index contributed by atoms with van der Waals surface area (Å²) in [5, 5.41) is 3.01. The lowest BCUT2D eigenvalue weighted by Crippen LogP contribution is -2.31. The Kier molecular flexibility index (Phi) is 5.84. The van der Waals surface area contributed by atoms with Gasteiger partial charge in [-0.1, -0.05) is 30.3 Å². The SMILES string of the molecule is CN(C)C1CCN(c2ccc(NC(=O)c3ccc4[nH]c(Cc5ccccc5)nc4c3)cc2)C1. The summed E-state index contributed by atoms with van der Waals surface area (Å²) in [4.78, 5) is 25.6. The fraction of sp³-hybridized carbons (Fsp3) is 0.259. The number of aromatic amines is 1. The Hall–Kier alpha value is -3.64. The van der Waals surface area contributed by atoms with Gasteiger partial charge in [-0.25, -0.2) is 4.98 Å². The van der Waals surface area contributed by atoms with E-state index in [9.17, 15) is 4.79 Å². The third kappa shape index (κ3) is 4.76. The van der Waals surface area contributed by atoms with Crippen LogP contribution < -0.4 is 10.2 Å². The van der Waals surface area contributed by atoms with Crippen molar-refractivity contribution in [1.29, 1.82) is 0 Å². The second-order valence-corrected chi connectivity index (χ2v) is 8.93. The molecule has 1 amide bonds. The van der Waals surface area contributed by atoms with E-state index < -0.39 is 0 Å². The Bertz CT molecular complexity index is 1250. The molecule has 1 atom stereocenters. The van der Waals surface area contributed by atoms with Gasteiger partial charge in [-0.15, -0.1) is 0 Å². The summed E-state index contributed by atoms with van der Waals surface area (Å²) in [5.74, 6) is 0.758. The number of carbonyl (C=O) groups is 1. The van der Waals surface area contributed by atoms with Crippen LogP contribution in [0.5, 0.6) is 0 Å². The van der Waals surface area contributed by atoms with Crippen LogP contribution in [0.15, 0.2) is 72.8 Å². The van der Waals surface area contributed by atoms with Crippen LogP contribution >= 0.6 is 0 Å². The van der Waals surface area contributed by atoms with Crippen molar-refractivity contribution >= 4 is 28.3 Å². The fourth-order valence-electron chi connectivity index (χ4n) is 4.43. The molecule has 0 radical (unpaired) electrons. The molecule has 1 aliphatic rings. The van der Waals surface area contributed by atoms with Gasteiger partial charge in [0, 0.05) is 42.5 Å². The molecular weight excluding hydrogens is 410 g/mol. The second-order valence-electron chi connectivity index (χ2n) is 8.93. The van der Waals surface area contributed by atoms with Crippen LogP contribution in [-0.2, 0) is 6.42 Å². The average Bonchev–Trinajstić information content (AvgIpc) is 3.47. The number of anilines is 2. The first kappa shape index (κ1) is 21.2. The zero-order chi connectivity index (χ0) is 22.8. The third-order valence-electron chi connectivity index (χ3n) is 6.39. The predicted molar refractivity (Wildman–Crippen MR) is 134 cm³/mol. The molecule has 6 nitrogen and oxygen atoms in total. The number of imidazole rings is 1. The van der Waals surface area contributed by atoms with E-state index in [4.69, 9.17) is 0 Å². The highest BCUT2D eigenvalue weighted by Crippen LogP contribution is 2.24. The largest absolute Gasteiger partial charge is 0.370 e. The summed E-state index contributed by atoms with van der Waals surface area (Å²) in [7, 11) is 4.27. The summed E-state index contributed by atoms with van der Waals surface area (Å²) in [6.07, 6.45) is 1.91. The molecule has 168 valence electrons. The summed E-state index contributed by atoms with van der Waals surface area (Å²) in [6.45, 7) is 2.10. The van der Waals surface area contributed by atoms with Crippen LogP contribution in [0.2, 0.25) is 0 Å². The highest BCUT2D eigenvalue weighted by molar-refractivity contribution is 6.06. The van der Waals surface area contributed by atoms with Crippen LogP contribution in [-0.4, -0.2) is 54.0 Å². The lowest BCUT2D eigenvalue weighted by atomic mass is 10.1. The fourth-order valence-corrected chi connectivity index (χ4v) is 4.43. The van der Waals surface area contributed by atoms with Gasteiger partial charge in [-0.05, 0) is 68.5 Å². The van der Waals surface area contributed by atoms with Crippen molar-refractivity contribution in [3.63, 3.8) is 0 Å². The third-order valence-corrected chi connectivity index (χ3v) is 6.39. The minimum absolute atomic E-state index is 0.133. The normalized spacial score (nSPS) is 16.0. The molecule has 2 N–H and O–H groups in total. The summed E-state index contributed by atoms with van der Waals surface area (Å²) < 4.78 is 0. The molecule has 3 aromatic carbocycles. The van der Waals surface area contributed by atoms with Gasteiger partial charge in [0.05, 0.1) is 11.0 Å². The molecule has 1 saturated heterocycles. The van der Waals surface area contributed by atoms with Gasteiger partial charge < -0.3 is 20.1 Å². The van der Waals surface area contributed by atoms with Crippen LogP contribution in [0.1, 0.15) is 28.2 Å². The van der Waals surface area contributed by atoms with E-state index in [1.165, 1.54) is 17.7 Å². The van der Waals surface area contributed by atoms with Crippen LogP contribution in [0.3, 0.4) is 0 Å². The van der Waals surface area contributed by atoms with Gasteiger partial charge in [0.25, 0.3) is 5.91 Å². The first-order valence-electron chi connectivity index (χ1n) is 11.4. The van der Waals surface area contributed by atoms with Crippen LogP contribution in [0, 0.1) is 0 Å². The van der Waals surface area contributed by atoms with Crippen LogP contribution in [0.25, 0.3) is 11.0 Å². The standard InChI is InChI=1S/C27H29N5O/c1-31(2)23-14-15-32(18-23)22-11-9-21(10-12-22)28-27(33)20-8-13-24-25(17-20)30-26(29-24)16-19-6-4-3-5-7-19/h3-13,17,23H,14-16,18H2,1-2H3,(H,28,33)(H,29,30). The number of rotatable bonds is 6. The van der Waals surface area contributed by atoms with Gasteiger partial charge in [0.2, 0.25) is 0 Å². The van der Waals surface area contributed by atoms with E-state index in [0.717, 1.165) is 42.1 Å². The quantitative estimate of drug-likeness (QED) is 0.463. The molecule has 6 heteroatoms. The van der Waals surface area contributed by atoms with Gasteiger partial charge in [0.1, 0.15) is 5.82 Å². The van der Waals surface area contributed by atoms with Crippen molar-refractivity contribution in [2.24, 2.45) is 0 Å². The highest BCUT2D eigenvalue weighted by Gasteiger charge is 2.24. The lowest BCUT2D eigenvalue weighted by molar-refractivity contribution is 0.102. The Morgan fingerprint density at radius 2 is 1.88 bits per heavy atom. The van der Waals surface area contributed by atoms with Gasteiger partial charge in [0.15, 0.2) is 0 Å². The second kappa shape index (κ2) is 9.08. The summed E-state index contributed by atoms with van der Waals surface area (Å²) in [6, 6.07) is 24.5. The zero-order valence-electron chi connectivity index (χ0n) is 19.1. The molecule has 5 rings (SSSR count). The Morgan fingerprint density at radius 1 is 1.09 bits per heavy atom. The number of benzene rings is 3. The van der Waals surface area contributed by atoms with E-state index in [0.29, 0.717) is 11.6 Å². The molecule has 0 spiro atoms. The van der Waals surface area contributed by atoms with E-state index in [2.05, 4.69) is 63.4 Å². The van der Waals surface area contributed by atoms with Gasteiger partial charge in [-0.2, -0.15) is 0 Å². The minimum atomic E-state index is -0.133. The van der Waals surface area contributed by atoms with Crippen molar-refractivity contribution < 1.29 is 4.79 Å². The number of H-pyrrole nitrogens is 1. The number of aromatic nitrogens is 2. The average molecular weight is 440 g/mol. The summed E-state index contributed by atoms with van der Waals surface area (Å²) >= 11 is 0. The van der Waals surface area contributed by atoms with Crippen molar-refractivity contribution in [3.8, 4) is 0 Å². The van der Waals surface area contributed by atoms with Crippen LogP contribution in [0.4, 0.5) is 11.4 Å². The van der Waals surface area contributed by atoms with E-state index >= 15 is 0 Å². The molecule has 33 heavy (non-hydrogen) atoms. The maximum atomic E-state index is 12.8. The topological polar surface area (TPSA) is 64.3 Å². The molecule has 0 aliphatic carbocycles. The molecule has 1 aromatic heterocycles. The van der Waals surface area contributed by atoms with Gasteiger partial charge >= 0.3 is 0 Å². The van der Waals surface area contributed by atoms with Crippen molar-refractivity contribution in [1.82, 2.24) is 14.9 Å². The molecule has 1 fully saturated rings. The number of carbonyl (C=O) groups excluding carboxylic acids is 1. The van der Waals surface area contributed by atoms with Crippen molar-refractivity contribution in [2.75, 3.05) is 37.4 Å². The number of fused-ring (bicyclic) bond motifs is 1. The Labute approximate surface area is 194 Å². The molecule has 4 aromatic rings. The summed E-state index contributed by atoms with van der Waals surface area (Å²) in [5.41, 5.74) is 5.51. The number of likely N-dealkylation sites (N-methyl/N-ethyl adjacent to an activating group) is 1. The predicted octanol–water partition coefficient (Wildman–Crippen LogP) is 4.55. The molecular formula is C27H29N5O. The van der Waals surface area contributed by atoms with Crippen molar-refractivity contribution in [3.05, 3.63) is 89.7 Å². The molecule has 2 heterocycles. The number of nitrogens with zero attached hydrogens (tertiary/aromatic N) is 3. The number of hydrogen-bond acceptors (Lipinski definition) is 4. The first-order chi connectivity index (χ1) is 16.0. The first-order valence-corrected chi connectivity index (χ1v) is 11.4.